The highest BCUT2D eigenvalue weighted by molar-refractivity contribution is 6.30. The van der Waals surface area contributed by atoms with Gasteiger partial charge in [0.1, 0.15) is 5.75 Å². The van der Waals surface area contributed by atoms with E-state index in [9.17, 15) is 9.90 Å². The number of amides is 1. The summed E-state index contributed by atoms with van der Waals surface area (Å²) in [5.74, 6) is 0.308. The molecule has 2 aromatic carbocycles. The Morgan fingerprint density at radius 1 is 1.08 bits per heavy atom. The number of halogens is 1. The van der Waals surface area contributed by atoms with Gasteiger partial charge in [-0.15, -0.1) is 0 Å². The van der Waals surface area contributed by atoms with Crippen LogP contribution in [0.2, 0.25) is 5.02 Å². The van der Waals surface area contributed by atoms with Crippen molar-refractivity contribution in [3.63, 3.8) is 0 Å². The Morgan fingerprint density at radius 3 is 2.56 bits per heavy atom. The number of hydrogen-bond donors (Lipinski definition) is 2. The lowest BCUT2D eigenvalue weighted by atomic mass is 10.2. The van der Waals surface area contributed by atoms with Crippen LogP contribution in [-0.2, 0) is 4.79 Å². The van der Waals surface area contributed by atoms with Gasteiger partial charge < -0.3 is 15.3 Å². The SMILES string of the molecule is O=C(CCN1CCN(c2ccccc2O)CC1)Nc1cccc(Cl)c1. The van der Waals surface area contributed by atoms with Gasteiger partial charge in [-0.1, -0.05) is 29.8 Å². The van der Waals surface area contributed by atoms with Crippen LogP contribution in [0, 0.1) is 0 Å². The highest BCUT2D eigenvalue weighted by Gasteiger charge is 2.19. The summed E-state index contributed by atoms with van der Waals surface area (Å²) in [6.45, 7) is 4.15. The molecule has 2 aromatic rings. The first-order valence-electron chi connectivity index (χ1n) is 8.42. The van der Waals surface area contributed by atoms with Crippen molar-refractivity contribution in [3.8, 4) is 5.75 Å². The summed E-state index contributed by atoms with van der Waals surface area (Å²) in [4.78, 5) is 16.5. The van der Waals surface area contributed by atoms with Gasteiger partial charge in [-0.3, -0.25) is 9.69 Å². The first-order valence-corrected chi connectivity index (χ1v) is 8.80. The number of hydrogen-bond acceptors (Lipinski definition) is 4. The van der Waals surface area contributed by atoms with Crippen molar-refractivity contribution in [1.29, 1.82) is 0 Å². The first kappa shape index (κ1) is 17.6. The molecule has 0 saturated carbocycles. The molecule has 1 amide bonds. The molecule has 25 heavy (non-hydrogen) atoms. The maximum Gasteiger partial charge on any atom is 0.225 e. The molecule has 0 aromatic heterocycles. The molecular formula is C19H22ClN3O2. The maximum atomic E-state index is 12.1. The molecule has 0 spiro atoms. The standard InChI is InChI=1S/C19H22ClN3O2/c20-15-4-3-5-16(14-15)21-19(25)8-9-22-10-12-23(13-11-22)17-6-1-2-7-18(17)24/h1-7,14,24H,8-13H2,(H,21,25). The average Bonchev–Trinajstić information content (AvgIpc) is 2.61. The molecule has 1 saturated heterocycles. The quantitative estimate of drug-likeness (QED) is 0.860. The second kappa shape index (κ2) is 8.23. The molecule has 132 valence electrons. The summed E-state index contributed by atoms with van der Waals surface area (Å²) in [5, 5.41) is 13.4. The van der Waals surface area contributed by atoms with E-state index in [0.717, 1.165) is 44.1 Å². The molecule has 3 rings (SSSR count). The Bertz CT molecular complexity index is 730. The molecule has 1 heterocycles. The van der Waals surface area contributed by atoms with Crippen LogP contribution in [0.15, 0.2) is 48.5 Å². The van der Waals surface area contributed by atoms with Crippen molar-refractivity contribution in [2.45, 2.75) is 6.42 Å². The number of para-hydroxylation sites is 2. The number of benzene rings is 2. The van der Waals surface area contributed by atoms with Crippen LogP contribution in [0.25, 0.3) is 0 Å². The Labute approximate surface area is 152 Å². The Kier molecular flexibility index (Phi) is 5.79. The molecule has 5 nitrogen and oxygen atoms in total. The van der Waals surface area contributed by atoms with Crippen LogP contribution < -0.4 is 10.2 Å². The van der Waals surface area contributed by atoms with Gasteiger partial charge in [0.05, 0.1) is 5.69 Å². The van der Waals surface area contributed by atoms with E-state index >= 15 is 0 Å². The minimum absolute atomic E-state index is 0.00889. The second-order valence-electron chi connectivity index (χ2n) is 6.13. The third kappa shape index (κ3) is 4.87. The van der Waals surface area contributed by atoms with Crippen LogP contribution in [-0.4, -0.2) is 48.6 Å². The summed E-state index contributed by atoms with van der Waals surface area (Å²) in [6, 6.07) is 14.6. The maximum absolute atomic E-state index is 12.1. The lowest BCUT2D eigenvalue weighted by Gasteiger charge is -2.36. The van der Waals surface area contributed by atoms with Crippen LogP contribution >= 0.6 is 11.6 Å². The van der Waals surface area contributed by atoms with Crippen molar-refractivity contribution >= 4 is 28.9 Å². The summed E-state index contributed by atoms with van der Waals surface area (Å²) in [6.07, 6.45) is 0.448. The normalized spacial score (nSPS) is 15.2. The molecule has 2 N–H and O–H groups in total. The van der Waals surface area contributed by atoms with E-state index < -0.39 is 0 Å². The topological polar surface area (TPSA) is 55.8 Å². The molecule has 0 radical (unpaired) electrons. The van der Waals surface area contributed by atoms with Crippen LogP contribution in [0.4, 0.5) is 11.4 Å². The zero-order chi connectivity index (χ0) is 17.6. The van der Waals surface area contributed by atoms with Crippen molar-refractivity contribution in [1.82, 2.24) is 4.90 Å². The number of nitrogens with zero attached hydrogens (tertiary/aromatic N) is 2. The van der Waals surface area contributed by atoms with E-state index in [0.29, 0.717) is 17.2 Å². The number of nitrogens with one attached hydrogen (secondary N) is 1. The number of aromatic hydroxyl groups is 1. The molecule has 0 aliphatic carbocycles. The van der Waals surface area contributed by atoms with Gasteiger partial charge >= 0.3 is 0 Å². The van der Waals surface area contributed by atoms with E-state index in [1.54, 1.807) is 18.2 Å². The zero-order valence-electron chi connectivity index (χ0n) is 14.0. The predicted octanol–water partition coefficient (Wildman–Crippen LogP) is 3.20. The van der Waals surface area contributed by atoms with Crippen molar-refractivity contribution < 1.29 is 9.90 Å². The van der Waals surface area contributed by atoms with Gasteiger partial charge in [-0.25, -0.2) is 0 Å². The molecule has 1 fully saturated rings. The van der Waals surface area contributed by atoms with Crippen LogP contribution in [0.5, 0.6) is 5.75 Å². The number of piperazine rings is 1. The summed E-state index contributed by atoms with van der Waals surface area (Å²) >= 11 is 5.92. The fraction of sp³-hybridized carbons (Fsp3) is 0.316. The molecule has 0 unspecified atom stereocenters. The van der Waals surface area contributed by atoms with E-state index in [-0.39, 0.29) is 5.91 Å². The number of rotatable bonds is 5. The Balaban J connectivity index is 1.43. The molecule has 0 atom stereocenters. The summed E-state index contributed by atoms with van der Waals surface area (Å²) in [7, 11) is 0. The fourth-order valence-corrected chi connectivity index (χ4v) is 3.18. The van der Waals surface area contributed by atoms with Gasteiger partial charge in [0.2, 0.25) is 5.91 Å². The number of anilines is 2. The third-order valence-electron chi connectivity index (χ3n) is 4.36. The Hall–Kier alpha value is -2.24. The first-order chi connectivity index (χ1) is 12.1. The molecular weight excluding hydrogens is 338 g/mol. The number of phenols is 1. The fourth-order valence-electron chi connectivity index (χ4n) is 2.99. The van der Waals surface area contributed by atoms with Gasteiger partial charge in [-0.05, 0) is 30.3 Å². The third-order valence-corrected chi connectivity index (χ3v) is 4.59. The molecule has 1 aliphatic heterocycles. The van der Waals surface area contributed by atoms with Gasteiger partial charge in [0.15, 0.2) is 0 Å². The van der Waals surface area contributed by atoms with E-state index in [2.05, 4.69) is 15.1 Å². The van der Waals surface area contributed by atoms with Crippen molar-refractivity contribution in [3.05, 3.63) is 53.6 Å². The summed E-state index contributed by atoms with van der Waals surface area (Å²) in [5.41, 5.74) is 1.60. The van der Waals surface area contributed by atoms with Crippen LogP contribution in [0.1, 0.15) is 6.42 Å². The van der Waals surface area contributed by atoms with Gasteiger partial charge in [0.25, 0.3) is 0 Å². The largest absolute Gasteiger partial charge is 0.506 e. The highest BCUT2D eigenvalue weighted by Crippen LogP contribution is 2.27. The van der Waals surface area contributed by atoms with E-state index in [1.165, 1.54) is 0 Å². The minimum atomic E-state index is -0.00889. The van der Waals surface area contributed by atoms with Crippen molar-refractivity contribution in [2.24, 2.45) is 0 Å². The van der Waals surface area contributed by atoms with Gasteiger partial charge in [0, 0.05) is 49.9 Å². The lowest BCUT2D eigenvalue weighted by Crippen LogP contribution is -2.47. The minimum Gasteiger partial charge on any atom is -0.506 e. The van der Waals surface area contributed by atoms with E-state index in [1.807, 2.05) is 30.3 Å². The number of phenolic OH excluding ortho intramolecular Hbond substituents is 1. The number of carbonyl (C=O) groups excluding carboxylic acids is 1. The van der Waals surface area contributed by atoms with Crippen molar-refractivity contribution in [2.75, 3.05) is 42.9 Å². The van der Waals surface area contributed by atoms with E-state index in [4.69, 9.17) is 11.6 Å². The summed E-state index contributed by atoms with van der Waals surface area (Å²) < 4.78 is 0. The lowest BCUT2D eigenvalue weighted by molar-refractivity contribution is -0.116. The smallest absolute Gasteiger partial charge is 0.225 e. The molecule has 0 bridgehead atoms. The predicted molar refractivity (Wildman–Crippen MR) is 101 cm³/mol. The monoisotopic (exact) mass is 359 g/mol. The average molecular weight is 360 g/mol. The van der Waals surface area contributed by atoms with Crippen LogP contribution in [0.3, 0.4) is 0 Å². The number of carbonyl (C=O) groups is 1. The molecule has 1 aliphatic rings. The zero-order valence-corrected chi connectivity index (χ0v) is 14.7. The Morgan fingerprint density at radius 2 is 1.84 bits per heavy atom. The second-order valence-corrected chi connectivity index (χ2v) is 6.56. The molecule has 6 heteroatoms. The van der Waals surface area contributed by atoms with Gasteiger partial charge in [-0.2, -0.15) is 0 Å². The highest BCUT2D eigenvalue weighted by atomic mass is 35.5.